The van der Waals surface area contributed by atoms with E-state index >= 15 is 0 Å². The lowest BCUT2D eigenvalue weighted by molar-refractivity contribution is -0.116. The van der Waals surface area contributed by atoms with Crippen molar-refractivity contribution in [3.05, 3.63) is 72.3 Å². The second-order valence-corrected chi connectivity index (χ2v) is 5.82. The Morgan fingerprint density at radius 3 is 2.32 bits per heavy atom. The molecule has 5 heteroatoms. The summed E-state index contributed by atoms with van der Waals surface area (Å²) in [5.74, 6) is -0.663. The Hall–Kier alpha value is -3.34. The number of anilines is 2. The third kappa shape index (κ3) is 3.77. The fourth-order valence-corrected chi connectivity index (χ4v) is 2.62. The molecule has 0 bridgehead atoms. The number of rotatable bonds is 5. The first-order valence-corrected chi connectivity index (χ1v) is 7.99. The Labute approximate surface area is 145 Å². The Balaban J connectivity index is 1.71. The van der Waals surface area contributed by atoms with E-state index in [2.05, 4.69) is 10.6 Å². The third-order valence-electron chi connectivity index (χ3n) is 3.99. The van der Waals surface area contributed by atoms with Gasteiger partial charge in [-0.2, -0.15) is 0 Å². The molecule has 5 nitrogen and oxygen atoms in total. The van der Waals surface area contributed by atoms with Gasteiger partial charge in [-0.25, -0.2) is 0 Å². The van der Waals surface area contributed by atoms with Gasteiger partial charge in [0.15, 0.2) is 0 Å². The van der Waals surface area contributed by atoms with E-state index in [-0.39, 0.29) is 5.91 Å². The summed E-state index contributed by atoms with van der Waals surface area (Å²) in [5.41, 5.74) is 7.13. The maximum Gasteiger partial charge on any atom is 0.248 e. The van der Waals surface area contributed by atoms with Gasteiger partial charge in [-0.3, -0.25) is 9.59 Å². The molecule has 0 aromatic heterocycles. The molecule has 0 aliphatic rings. The van der Waals surface area contributed by atoms with Crippen molar-refractivity contribution in [1.29, 1.82) is 0 Å². The van der Waals surface area contributed by atoms with Gasteiger partial charge in [-0.05, 0) is 42.6 Å². The number of nitrogens with two attached hydrogens (primary N) is 1. The molecule has 0 saturated carbocycles. The molecule has 3 rings (SSSR count). The minimum absolute atomic E-state index is 0.167. The predicted molar refractivity (Wildman–Crippen MR) is 101 cm³/mol. The molecule has 0 unspecified atom stereocenters. The standard InChI is InChI=1S/C20H19N3O2/c1-13(20(25)23-16-11-9-15(10-12-16)19(21)24)22-18-8-4-6-14-5-2-3-7-17(14)18/h2-13,22H,1H3,(H2,21,24)(H,23,25)/t13-/m0/s1. The van der Waals surface area contributed by atoms with Gasteiger partial charge in [0.2, 0.25) is 11.8 Å². The van der Waals surface area contributed by atoms with Gasteiger partial charge >= 0.3 is 0 Å². The largest absolute Gasteiger partial charge is 0.373 e. The average molecular weight is 333 g/mol. The second kappa shape index (κ2) is 7.05. The van der Waals surface area contributed by atoms with E-state index in [1.54, 1.807) is 31.2 Å². The van der Waals surface area contributed by atoms with E-state index in [0.29, 0.717) is 11.3 Å². The molecule has 0 saturated heterocycles. The number of hydrogen-bond acceptors (Lipinski definition) is 3. The molecular formula is C20H19N3O2. The van der Waals surface area contributed by atoms with E-state index in [1.807, 2.05) is 42.5 Å². The molecule has 3 aromatic rings. The van der Waals surface area contributed by atoms with E-state index in [9.17, 15) is 9.59 Å². The highest BCUT2D eigenvalue weighted by molar-refractivity contribution is 6.00. The van der Waals surface area contributed by atoms with Gasteiger partial charge in [-0.1, -0.05) is 36.4 Å². The van der Waals surface area contributed by atoms with Gasteiger partial charge in [0.25, 0.3) is 0 Å². The number of carbonyl (C=O) groups is 2. The number of benzene rings is 3. The van der Waals surface area contributed by atoms with Crippen LogP contribution in [0.25, 0.3) is 10.8 Å². The molecule has 4 N–H and O–H groups in total. The fourth-order valence-electron chi connectivity index (χ4n) is 2.62. The molecule has 126 valence electrons. The smallest absolute Gasteiger partial charge is 0.248 e. The Morgan fingerprint density at radius 1 is 0.920 bits per heavy atom. The molecule has 1 atom stereocenters. The minimum Gasteiger partial charge on any atom is -0.373 e. The Kier molecular flexibility index (Phi) is 4.66. The van der Waals surface area contributed by atoms with Crippen LogP contribution in [0.4, 0.5) is 11.4 Å². The van der Waals surface area contributed by atoms with Crippen LogP contribution in [0, 0.1) is 0 Å². The lowest BCUT2D eigenvalue weighted by atomic mass is 10.1. The lowest BCUT2D eigenvalue weighted by Gasteiger charge is -2.17. The normalized spacial score (nSPS) is 11.7. The SMILES string of the molecule is C[C@H](Nc1cccc2ccccc12)C(=O)Nc1ccc(C(N)=O)cc1. The van der Waals surface area contributed by atoms with Crippen molar-refractivity contribution in [3.8, 4) is 0 Å². The van der Waals surface area contributed by atoms with Gasteiger partial charge < -0.3 is 16.4 Å². The first-order valence-electron chi connectivity index (χ1n) is 7.99. The molecule has 2 amide bonds. The predicted octanol–water partition coefficient (Wildman–Crippen LogP) is 3.38. The number of nitrogens with one attached hydrogen (secondary N) is 2. The summed E-state index contributed by atoms with van der Waals surface area (Å²) >= 11 is 0. The van der Waals surface area contributed by atoms with Crippen LogP contribution in [0.1, 0.15) is 17.3 Å². The van der Waals surface area contributed by atoms with Gasteiger partial charge in [0.05, 0.1) is 0 Å². The summed E-state index contributed by atoms with van der Waals surface area (Å²) in [7, 11) is 0. The molecule has 0 aliphatic heterocycles. The average Bonchev–Trinajstić information content (AvgIpc) is 2.62. The molecule has 3 aromatic carbocycles. The topological polar surface area (TPSA) is 84.2 Å². The van der Waals surface area contributed by atoms with Crippen LogP contribution in [0.15, 0.2) is 66.7 Å². The van der Waals surface area contributed by atoms with Gasteiger partial charge in [-0.15, -0.1) is 0 Å². The number of carbonyl (C=O) groups excluding carboxylic acids is 2. The van der Waals surface area contributed by atoms with Crippen LogP contribution in [0.5, 0.6) is 0 Å². The number of primary amides is 1. The van der Waals surface area contributed by atoms with E-state index < -0.39 is 11.9 Å². The maximum atomic E-state index is 12.4. The highest BCUT2D eigenvalue weighted by Crippen LogP contribution is 2.23. The summed E-state index contributed by atoms with van der Waals surface area (Å²) < 4.78 is 0. The quantitative estimate of drug-likeness (QED) is 0.669. The van der Waals surface area contributed by atoms with Crippen LogP contribution in [-0.4, -0.2) is 17.9 Å². The first-order chi connectivity index (χ1) is 12.0. The van der Waals surface area contributed by atoms with Crippen LogP contribution >= 0.6 is 0 Å². The van der Waals surface area contributed by atoms with Gasteiger partial charge in [0, 0.05) is 22.3 Å². The van der Waals surface area contributed by atoms with Crippen molar-refractivity contribution in [2.75, 3.05) is 10.6 Å². The van der Waals surface area contributed by atoms with Crippen LogP contribution in [-0.2, 0) is 4.79 Å². The van der Waals surface area contributed by atoms with Crippen LogP contribution < -0.4 is 16.4 Å². The Bertz CT molecular complexity index is 914. The molecule has 0 fully saturated rings. The Morgan fingerprint density at radius 2 is 1.60 bits per heavy atom. The van der Waals surface area contributed by atoms with Crippen molar-refractivity contribution in [2.24, 2.45) is 5.73 Å². The summed E-state index contributed by atoms with van der Waals surface area (Å²) in [6, 6.07) is 20.0. The lowest BCUT2D eigenvalue weighted by Crippen LogP contribution is -2.31. The molecule has 0 radical (unpaired) electrons. The maximum absolute atomic E-state index is 12.4. The zero-order valence-electron chi connectivity index (χ0n) is 13.8. The van der Waals surface area contributed by atoms with Crippen molar-refractivity contribution < 1.29 is 9.59 Å². The van der Waals surface area contributed by atoms with Crippen molar-refractivity contribution >= 4 is 34.0 Å². The molecule has 25 heavy (non-hydrogen) atoms. The van der Waals surface area contributed by atoms with Crippen molar-refractivity contribution in [1.82, 2.24) is 0 Å². The highest BCUT2D eigenvalue weighted by atomic mass is 16.2. The number of fused-ring (bicyclic) bond motifs is 1. The fraction of sp³-hybridized carbons (Fsp3) is 0.100. The molecule has 0 aliphatic carbocycles. The zero-order chi connectivity index (χ0) is 17.8. The van der Waals surface area contributed by atoms with E-state index in [1.165, 1.54) is 0 Å². The van der Waals surface area contributed by atoms with Crippen molar-refractivity contribution in [2.45, 2.75) is 13.0 Å². The molecule has 0 heterocycles. The van der Waals surface area contributed by atoms with E-state index in [0.717, 1.165) is 16.5 Å². The summed E-state index contributed by atoms with van der Waals surface area (Å²) in [5, 5.41) is 8.25. The molecular weight excluding hydrogens is 314 g/mol. The summed E-state index contributed by atoms with van der Waals surface area (Å²) in [6.45, 7) is 1.80. The first kappa shape index (κ1) is 16.5. The third-order valence-corrected chi connectivity index (χ3v) is 3.99. The number of hydrogen-bond donors (Lipinski definition) is 3. The van der Waals surface area contributed by atoms with Crippen LogP contribution in [0.2, 0.25) is 0 Å². The summed E-state index contributed by atoms with van der Waals surface area (Å²) in [6.07, 6.45) is 0. The number of amides is 2. The second-order valence-electron chi connectivity index (χ2n) is 5.82. The highest BCUT2D eigenvalue weighted by Gasteiger charge is 2.14. The van der Waals surface area contributed by atoms with E-state index in [4.69, 9.17) is 5.73 Å². The minimum atomic E-state index is -0.496. The zero-order valence-corrected chi connectivity index (χ0v) is 13.8. The van der Waals surface area contributed by atoms with Gasteiger partial charge in [0.1, 0.15) is 6.04 Å². The monoisotopic (exact) mass is 333 g/mol. The van der Waals surface area contributed by atoms with Crippen molar-refractivity contribution in [3.63, 3.8) is 0 Å². The van der Waals surface area contributed by atoms with Crippen LogP contribution in [0.3, 0.4) is 0 Å². The molecule has 0 spiro atoms. The summed E-state index contributed by atoms with van der Waals surface area (Å²) in [4.78, 5) is 23.5.